The lowest BCUT2D eigenvalue weighted by Gasteiger charge is -2.25. The van der Waals surface area contributed by atoms with Gasteiger partial charge in [0.15, 0.2) is 0 Å². The fourth-order valence-corrected chi connectivity index (χ4v) is 2.92. The Morgan fingerprint density at radius 2 is 2.00 bits per heavy atom. The number of morpholine rings is 1. The van der Waals surface area contributed by atoms with Crippen LogP contribution in [0.2, 0.25) is 0 Å². The minimum Gasteiger partial charge on any atom is -0.495 e. The van der Waals surface area contributed by atoms with Crippen LogP contribution in [0.15, 0.2) is 53.5 Å². The summed E-state index contributed by atoms with van der Waals surface area (Å²) in [6, 6.07) is 12.9. The van der Waals surface area contributed by atoms with Gasteiger partial charge in [0, 0.05) is 25.2 Å². The topological polar surface area (TPSA) is 75.2 Å². The molecule has 0 aromatic heterocycles. The number of guanidine groups is 1. The highest BCUT2D eigenvalue weighted by atomic mass is 19.1. The molecule has 29 heavy (non-hydrogen) atoms. The summed E-state index contributed by atoms with van der Waals surface area (Å²) >= 11 is 0. The normalized spacial score (nSPS) is 15.0. The van der Waals surface area contributed by atoms with Crippen molar-refractivity contribution in [1.82, 2.24) is 10.2 Å². The Hall–Kier alpha value is -2.97. The van der Waals surface area contributed by atoms with Crippen molar-refractivity contribution >= 4 is 17.6 Å². The van der Waals surface area contributed by atoms with Gasteiger partial charge in [-0.1, -0.05) is 18.2 Å². The maximum absolute atomic E-state index is 13.5. The van der Waals surface area contributed by atoms with Crippen LogP contribution in [0.5, 0.6) is 5.75 Å². The summed E-state index contributed by atoms with van der Waals surface area (Å²) in [7, 11) is 1.57. The molecule has 154 valence electrons. The summed E-state index contributed by atoms with van der Waals surface area (Å²) in [5, 5.41) is 5.84. The lowest BCUT2D eigenvalue weighted by atomic mass is 10.2. The number of methoxy groups -OCH3 is 1. The predicted octanol–water partition coefficient (Wildman–Crippen LogP) is 2.36. The zero-order valence-corrected chi connectivity index (χ0v) is 16.4. The molecule has 2 aromatic rings. The SMILES string of the molecule is COc1ccccc1NC(=NCCN1CCOCC1)NC(=O)c1cccc(F)c1. The molecule has 0 bridgehead atoms. The monoisotopic (exact) mass is 400 g/mol. The van der Waals surface area contributed by atoms with Gasteiger partial charge in [-0.15, -0.1) is 0 Å². The molecule has 1 heterocycles. The van der Waals surface area contributed by atoms with Gasteiger partial charge >= 0.3 is 0 Å². The summed E-state index contributed by atoms with van der Waals surface area (Å²) < 4.78 is 24.2. The van der Waals surface area contributed by atoms with Crippen LogP contribution in [0.25, 0.3) is 0 Å². The zero-order chi connectivity index (χ0) is 20.5. The first kappa shape index (κ1) is 20.8. The van der Waals surface area contributed by atoms with Crippen molar-refractivity contribution in [3.05, 3.63) is 59.9 Å². The van der Waals surface area contributed by atoms with Crippen LogP contribution in [0.3, 0.4) is 0 Å². The predicted molar refractivity (Wildman–Crippen MR) is 110 cm³/mol. The fourth-order valence-electron chi connectivity index (χ4n) is 2.92. The molecular weight excluding hydrogens is 375 g/mol. The van der Waals surface area contributed by atoms with E-state index in [2.05, 4.69) is 20.5 Å². The van der Waals surface area contributed by atoms with E-state index in [4.69, 9.17) is 9.47 Å². The Labute approximate surface area is 169 Å². The Kier molecular flexibility index (Phi) is 7.54. The quantitative estimate of drug-likeness (QED) is 0.575. The van der Waals surface area contributed by atoms with E-state index in [1.54, 1.807) is 13.2 Å². The second-order valence-corrected chi connectivity index (χ2v) is 6.47. The molecule has 2 N–H and O–H groups in total. The number of rotatable bonds is 6. The Morgan fingerprint density at radius 1 is 1.21 bits per heavy atom. The molecule has 1 aliphatic heterocycles. The Morgan fingerprint density at radius 3 is 2.76 bits per heavy atom. The molecule has 1 amide bonds. The number of hydrogen-bond donors (Lipinski definition) is 2. The number of hydrogen-bond acceptors (Lipinski definition) is 5. The molecule has 1 fully saturated rings. The van der Waals surface area contributed by atoms with E-state index in [0.29, 0.717) is 31.2 Å². The summed E-state index contributed by atoms with van der Waals surface area (Å²) in [6.07, 6.45) is 0. The van der Waals surface area contributed by atoms with Crippen molar-refractivity contribution in [3.8, 4) is 5.75 Å². The highest BCUT2D eigenvalue weighted by Gasteiger charge is 2.13. The number of halogens is 1. The molecule has 0 aliphatic carbocycles. The number of amides is 1. The Balaban J connectivity index is 1.72. The molecule has 7 nitrogen and oxygen atoms in total. The molecular formula is C21H25FN4O3. The number of anilines is 1. The van der Waals surface area contributed by atoms with E-state index in [-0.39, 0.29) is 11.5 Å². The second kappa shape index (κ2) is 10.5. The number of nitrogens with zero attached hydrogens (tertiary/aromatic N) is 2. The molecule has 1 saturated heterocycles. The molecule has 0 unspecified atom stereocenters. The van der Waals surface area contributed by atoms with Gasteiger partial charge in [-0.25, -0.2) is 4.39 Å². The number of carbonyl (C=O) groups excluding carboxylic acids is 1. The number of para-hydroxylation sites is 2. The van der Waals surface area contributed by atoms with E-state index >= 15 is 0 Å². The first-order valence-corrected chi connectivity index (χ1v) is 9.47. The number of aliphatic imine (C=N–C) groups is 1. The van der Waals surface area contributed by atoms with Crippen LogP contribution in [-0.2, 0) is 4.74 Å². The Bertz CT molecular complexity index is 853. The lowest BCUT2D eigenvalue weighted by Crippen LogP contribution is -2.39. The van der Waals surface area contributed by atoms with Gasteiger partial charge < -0.3 is 14.8 Å². The van der Waals surface area contributed by atoms with Crippen molar-refractivity contribution in [2.24, 2.45) is 4.99 Å². The zero-order valence-electron chi connectivity index (χ0n) is 16.4. The first-order valence-electron chi connectivity index (χ1n) is 9.47. The molecule has 8 heteroatoms. The molecule has 3 rings (SSSR count). The van der Waals surface area contributed by atoms with Crippen molar-refractivity contribution in [2.75, 3.05) is 51.8 Å². The van der Waals surface area contributed by atoms with Crippen molar-refractivity contribution in [2.45, 2.75) is 0 Å². The van der Waals surface area contributed by atoms with E-state index in [1.165, 1.54) is 18.2 Å². The first-order chi connectivity index (χ1) is 14.2. The molecule has 0 atom stereocenters. The largest absolute Gasteiger partial charge is 0.495 e. The van der Waals surface area contributed by atoms with E-state index < -0.39 is 11.7 Å². The molecule has 0 saturated carbocycles. The maximum Gasteiger partial charge on any atom is 0.258 e. The lowest BCUT2D eigenvalue weighted by molar-refractivity contribution is 0.0394. The average Bonchev–Trinajstić information content (AvgIpc) is 2.75. The standard InChI is InChI=1S/C21H25FN4O3/c1-28-19-8-3-2-7-18(19)24-21(23-9-10-26-11-13-29-14-12-26)25-20(27)16-5-4-6-17(22)15-16/h2-8,15H,9-14H2,1H3,(H2,23,24,25,27). The summed E-state index contributed by atoms with van der Waals surface area (Å²) in [6.45, 7) is 4.39. The van der Waals surface area contributed by atoms with E-state index in [0.717, 1.165) is 19.6 Å². The average molecular weight is 400 g/mol. The summed E-state index contributed by atoms with van der Waals surface area (Å²) in [4.78, 5) is 19.3. The van der Waals surface area contributed by atoms with E-state index in [9.17, 15) is 9.18 Å². The van der Waals surface area contributed by atoms with Crippen LogP contribution in [0, 0.1) is 5.82 Å². The number of carbonyl (C=O) groups is 1. The third-order valence-corrected chi connectivity index (χ3v) is 4.47. The fraction of sp³-hybridized carbons (Fsp3) is 0.333. The van der Waals surface area contributed by atoms with E-state index in [1.807, 2.05) is 24.3 Å². The van der Waals surface area contributed by atoms with Crippen molar-refractivity contribution in [3.63, 3.8) is 0 Å². The van der Waals surface area contributed by atoms with Gasteiger partial charge in [-0.3, -0.25) is 20.0 Å². The van der Waals surface area contributed by atoms with Gasteiger partial charge in [0.1, 0.15) is 11.6 Å². The van der Waals surface area contributed by atoms with Crippen LogP contribution < -0.4 is 15.4 Å². The molecule has 0 spiro atoms. The summed E-state index contributed by atoms with van der Waals surface area (Å²) in [5.74, 6) is -0.0245. The van der Waals surface area contributed by atoms with Crippen molar-refractivity contribution in [1.29, 1.82) is 0 Å². The molecule has 2 aromatic carbocycles. The van der Waals surface area contributed by atoms with Crippen LogP contribution in [-0.4, -0.2) is 63.3 Å². The number of nitrogens with one attached hydrogen (secondary N) is 2. The van der Waals surface area contributed by atoms with Crippen molar-refractivity contribution < 1.29 is 18.7 Å². The van der Waals surface area contributed by atoms with Crippen LogP contribution in [0.4, 0.5) is 10.1 Å². The summed E-state index contributed by atoms with van der Waals surface area (Å²) in [5.41, 5.74) is 0.882. The minimum atomic E-state index is -0.471. The van der Waals surface area contributed by atoms with Gasteiger partial charge in [-0.2, -0.15) is 0 Å². The minimum absolute atomic E-state index is 0.215. The van der Waals surface area contributed by atoms with Crippen LogP contribution in [0.1, 0.15) is 10.4 Å². The molecule has 0 radical (unpaired) electrons. The van der Waals surface area contributed by atoms with Gasteiger partial charge in [0.2, 0.25) is 5.96 Å². The highest BCUT2D eigenvalue weighted by Crippen LogP contribution is 2.22. The second-order valence-electron chi connectivity index (χ2n) is 6.47. The highest BCUT2D eigenvalue weighted by molar-refractivity contribution is 6.10. The maximum atomic E-state index is 13.5. The number of benzene rings is 2. The number of ether oxygens (including phenoxy) is 2. The van der Waals surface area contributed by atoms with Crippen LogP contribution >= 0.6 is 0 Å². The smallest absolute Gasteiger partial charge is 0.258 e. The van der Waals surface area contributed by atoms with Gasteiger partial charge in [-0.05, 0) is 30.3 Å². The molecule has 1 aliphatic rings. The van der Waals surface area contributed by atoms with Gasteiger partial charge in [0.25, 0.3) is 5.91 Å². The third-order valence-electron chi connectivity index (χ3n) is 4.47. The third kappa shape index (κ3) is 6.27. The van der Waals surface area contributed by atoms with Gasteiger partial charge in [0.05, 0.1) is 32.6 Å².